The van der Waals surface area contributed by atoms with E-state index in [0.717, 1.165) is 122 Å². The van der Waals surface area contributed by atoms with Crippen molar-refractivity contribution < 1.29 is 42.9 Å². The summed E-state index contributed by atoms with van der Waals surface area (Å²) in [6.07, 6.45) is 27.0. The Labute approximate surface area is 411 Å². The summed E-state index contributed by atoms with van der Waals surface area (Å²) in [6, 6.07) is 0. The molecule has 0 bridgehead atoms. The third-order valence-electron chi connectivity index (χ3n) is 13.7. The second-order valence-corrected chi connectivity index (χ2v) is 21.0. The lowest BCUT2D eigenvalue weighted by Crippen LogP contribution is -2.38. The van der Waals surface area contributed by atoms with Gasteiger partial charge in [0.05, 0.1) is 44.6 Å². The molecule has 0 radical (unpaired) electrons. The molecule has 0 aliphatic carbocycles. The highest BCUT2D eigenvalue weighted by Crippen LogP contribution is 2.31. The first-order valence-corrected chi connectivity index (χ1v) is 27.8. The van der Waals surface area contributed by atoms with Gasteiger partial charge < -0.3 is 18.9 Å². The molecule has 1 aliphatic rings. The molecule has 392 valence electrons. The van der Waals surface area contributed by atoms with Gasteiger partial charge in [-0.2, -0.15) is 0 Å². The molecule has 4 unspecified atom stereocenters. The minimum atomic E-state index is -0.715. The molecular formula is C56H104N2O9. The van der Waals surface area contributed by atoms with Gasteiger partial charge in [0.15, 0.2) is 0 Å². The van der Waals surface area contributed by atoms with E-state index in [4.69, 9.17) is 18.9 Å². The number of hydrogen-bond donors (Lipinski definition) is 0. The zero-order valence-corrected chi connectivity index (χ0v) is 44.7. The molecule has 1 fully saturated rings. The number of carbonyl (C=O) groups is 5. The lowest BCUT2D eigenvalue weighted by molar-refractivity contribution is -0.166. The Balaban J connectivity index is 2.85. The van der Waals surface area contributed by atoms with Crippen molar-refractivity contribution in [1.29, 1.82) is 0 Å². The maximum Gasteiger partial charge on any atom is 0.309 e. The molecule has 0 spiro atoms. The first-order valence-electron chi connectivity index (χ1n) is 27.8. The molecule has 67 heavy (non-hydrogen) atoms. The minimum Gasteiger partial charge on any atom is -0.465 e. The molecule has 0 aromatic heterocycles. The third-order valence-corrected chi connectivity index (χ3v) is 13.7. The Morgan fingerprint density at radius 2 is 1.10 bits per heavy atom. The predicted molar refractivity (Wildman–Crippen MR) is 273 cm³/mol. The van der Waals surface area contributed by atoms with Crippen molar-refractivity contribution >= 4 is 29.5 Å². The van der Waals surface area contributed by atoms with Crippen molar-refractivity contribution in [2.24, 2.45) is 23.2 Å². The van der Waals surface area contributed by atoms with Crippen LogP contribution in [0.4, 0.5) is 0 Å². The molecule has 0 saturated carbocycles. The normalized spacial score (nSPS) is 15.2. The number of likely N-dealkylation sites (N-methyl/N-ethyl adjacent to an activating group) is 1. The van der Waals surface area contributed by atoms with Crippen molar-refractivity contribution in [3.8, 4) is 0 Å². The van der Waals surface area contributed by atoms with Gasteiger partial charge in [0.1, 0.15) is 24.3 Å². The van der Waals surface area contributed by atoms with Crippen molar-refractivity contribution in [2.75, 3.05) is 66.2 Å². The molecule has 0 aromatic carbocycles. The molecule has 1 heterocycles. The maximum atomic E-state index is 13.9. The molecular weight excluding hydrogens is 845 g/mol. The largest absolute Gasteiger partial charge is 0.465 e. The first-order chi connectivity index (χ1) is 32.2. The summed E-state index contributed by atoms with van der Waals surface area (Å²) in [5, 5.41) is 0. The monoisotopic (exact) mass is 949 g/mol. The van der Waals surface area contributed by atoms with E-state index in [1.807, 2.05) is 32.7 Å². The first kappa shape index (κ1) is 62.6. The van der Waals surface area contributed by atoms with Gasteiger partial charge in [0.25, 0.3) is 0 Å². The smallest absolute Gasteiger partial charge is 0.309 e. The minimum absolute atomic E-state index is 0.0331. The molecule has 1 saturated heterocycles. The standard InChI is InChI=1S/C56H104N2O9/c1-9-13-17-21-23-27-30-48(29-25-19-15-11-3)54(62)66-46-51(67-55(63)49(31-26-20-16-12-4)32-28-24-22-18-14-10-2)35-40-65-53(61)34-36-57(8)45-50(59)44-56(6,7)43-47(5)52(60)33-37-58-38-41-64-42-39-58/h47-49,51H,9-46H2,1-8H3. The van der Waals surface area contributed by atoms with Crippen LogP contribution in [-0.4, -0.2) is 112 Å². The Bertz CT molecular complexity index is 1280. The van der Waals surface area contributed by atoms with Crippen LogP contribution in [0.2, 0.25) is 0 Å². The van der Waals surface area contributed by atoms with Gasteiger partial charge in [-0.3, -0.25) is 33.8 Å². The van der Waals surface area contributed by atoms with Gasteiger partial charge in [0.2, 0.25) is 0 Å². The Morgan fingerprint density at radius 1 is 0.627 bits per heavy atom. The summed E-state index contributed by atoms with van der Waals surface area (Å²) in [5.41, 5.74) is -0.327. The van der Waals surface area contributed by atoms with Crippen LogP contribution >= 0.6 is 0 Å². The molecule has 11 heteroatoms. The molecule has 1 rings (SSSR count). The number of rotatable bonds is 45. The lowest BCUT2D eigenvalue weighted by atomic mass is 9.78. The number of ether oxygens (including phenoxy) is 4. The van der Waals surface area contributed by atoms with E-state index in [-0.39, 0.29) is 79.3 Å². The SMILES string of the molecule is CCCCCCCCC(CCCCCC)C(=O)OCC(CCOC(=O)CCN(C)CC(=O)CC(C)(C)CC(C)C(=O)CCN1CCOCC1)OC(=O)C(CCCCCC)CCCCCCCC. The fourth-order valence-electron chi connectivity index (χ4n) is 9.45. The topological polar surface area (TPSA) is 129 Å². The summed E-state index contributed by atoms with van der Waals surface area (Å²) >= 11 is 0. The molecule has 0 amide bonds. The lowest BCUT2D eigenvalue weighted by Gasteiger charge is -2.29. The van der Waals surface area contributed by atoms with Crippen LogP contribution in [0.15, 0.2) is 0 Å². The summed E-state index contributed by atoms with van der Waals surface area (Å²) in [5.74, 6) is -1.04. The van der Waals surface area contributed by atoms with Gasteiger partial charge in [-0.1, -0.05) is 177 Å². The zero-order valence-electron chi connectivity index (χ0n) is 44.7. The second kappa shape index (κ2) is 40.4. The van der Waals surface area contributed by atoms with Crippen LogP contribution in [0.1, 0.15) is 235 Å². The fourth-order valence-corrected chi connectivity index (χ4v) is 9.45. The maximum absolute atomic E-state index is 13.9. The number of Topliss-reactive ketones (excluding diaryl/α,β-unsaturated/α-hetero) is 2. The van der Waals surface area contributed by atoms with Gasteiger partial charge >= 0.3 is 17.9 Å². The van der Waals surface area contributed by atoms with Crippen LogP contribution < -0.4 is 0 Å². The van der Waals surface area contributed by atoms with Gasteiger partial charge in [-0.25, -0.2) is 0 Å². The highest BCUT2D eigenvalue weighted by molar-refractivity contribution is 5.82. The molecule has 0 N–H and O–H groups in total. The number of unbranched alkanes of at least 4 members (excludes halogenated alkanes) is 16. The van der Waals surface area contributed by atoms with Gasteiger partial charge in [0, 0.05) is 51.4 Å². The van der Waals surface area contributed by atoms with E-state index in [0.29, 0.717) is 39.0 Å². The molecule has 0 aromatic rings. The van der Waals surface area contributed by atoms with E-state index in [1.165, 1.54) is 51.4 Å². The van der Waals surface area contributed by atoms with Crippen molar-refractivity contribution in [3.63, 3.8) is 0 Å². The van der Waals surface area contributed by atoms with Gasteiger partial charge in [-0.05, 0) is 44.6 Å². The second-order valence-electron chi connectivity index (χ2n) is 21.0. The van der Waals surface area contributed by atoms with Crippen molar-refractivity contribution in [2.45, 2.75) is 241 Å². The Hall–Kier alpha value is -2.37. The van der Waals surface area contributed by atoms with Crippen LogP contribution in [0.25, 0.3) is 0 Å². The summed E-state index contributed by atoms with van der Waals surface area (Å²) in [7, 11) is 1.83. The Morgan fingerprint density at radius 3 is 1.63 bits per heavy atom. The number of morpholine rings is 1. The predicted octanol–water partition coefficient (Wildman–Crippen LogP) is 12.7. The van der Waals surface area contributed by atoms with E-state index in [1.54, 1.807) is 0 Å². The number of nitrogens with zero attached hydrogens (tertiary/aromatic N) is 2. The van der Waals surface area contributed by atoms with E-state index in [2.05, 4.69) is 32.6 Å². The average molecular weight is 949 g/mol. The van der Waals surface area contributed by atoms with E-state index >= 15 is 0 Å². The number of ketones is 2. The molecule has 4 atom stereocenters. The Kier molecular flexibility index (Phi) is 37.7. The zero-order chi connectivity index (χ0) is 49.5. The quantitative estimate of drug-likeness (QED) is 0.0329. The highest BCUT2D eigenvalue weighted by Gasteiger charge is 2.29. The summed E-state index contributed by atoms with van der Waals surface area (Å²) in [6.45, 7) is 19.3. The van der Waals surface area contributed by atoms with E-state index in [9.17, 15) is 24.0 Å². The highest BCUT2D eigenvalue weighted by atomic mass is 16.6. The summed E-state index contributed by atoms with van der Waals surface area (Å²) < 4.78 is 23.3. The molecule has 1 aliphatic heterocycles. The summed E-state index contributed by atoms with van der Waals surface area (Å²) in [4.78, 5) is 70.8. The fraction of sp³-hybridized carbons (Fsp3) is 0.911. The van der Waals surface area contributed by atoms with Crippen molar-refractivity contribution in [1.82, 2.24) is 9.80 Å². The number of carbonyl (C=O) groups excluding carboxylic acids is 5. The van der Waals surface area contributed by atoms with Crippen LogP contribution in [0.3, 0.4) is 0 Å². The van der Waals surface area contributed by atoms with Crippen LogP contribution in [-0.2, 0) is 42.9 Å². The van der Waals surface area contributed by atoms with E-state index < -0.39 is 12.1 Å². The third kappa shape index (κ3) is 33.7. The number of esters is 3. The molecule has 11 nitrogen and oxygen atoms in total. The van der Waals surface area contributed by atoms with Crippen LogP contribution in [0, 0.1) is 23.2 Å². The van der Waals surface area contributed by atoms with Gasteiger partial charge in [-0.15, -0.1) is 0 Å². The average Bonchev–Trinajstić information content (AvgIpc) is 3.29. The number of hydrogen-bond acceptors (Lipinski definition) is 11. The van der Waals surface area contributed by atoms with Crippen LogP contribution in [0.5, 0.6) is 0 Å². The van der Waals surface area contributed by atoms with Crippen molar-refractivity contribution in [3.05, 3.63) is 0 Å².